The van der Waals surface area contributed by atoms with E-state index in [-0.39, 0.29) is 24.5 Å². The molecule has 1 saturated heterocycles. The Morgan fingerprint density at radius 3 is 2.67 bits per heavy atom. The second kappa shape index (κ2) is 2.59. The number of hydrogen-bond donors (Lipinski definition) is 1. The van der Waals surface area contributed by atoms with Gasteiger partial charge in [-0.25, -0.2) is 0 Å². The van der Waals surface area contributed by atoms with Gasteiger partial charge in [0.15, 0.2) is 0 Å². The topological polar surface area (TPSA) is 46.5 Å². The molecule has 2 rings (SSSR count). The molecule has 0 amide bonds. The summed E-state index contributed by atoms with van der Waals surface area (Å²) >= 11 is 0. The highest BCUT2D eigenvalue weighted by Gasteiger charge is 2.43. The fraction of sp³-hybridized carbons (Fsp3) is 0.667. The standard InChI is InChI=1S/C9H12O3/c1-5-6(4-9(10)11)8-3-2-7(5)12-8/h2-3,5-8H,4H2,1H3,(H,10,11)/t5-,6+,7+,8-/m1/s1. The van der Waals surface area contributed by atoms with E-state index in [1.165, 1.54) is 0 Å². The zero-order valence-electron chi connectivity index (χ0n) is 6.93. The normalized spacial score (nSPS) is 43.8. The highest BCUT2D eigenvalue weighted by atomic mass is 16.5. The van der Waals surface area contributed by atoms with E-state index in [0.717, 1.165) is 0 Å². The van der Waals surface area contributed by atoms with Crippen LogP contribution >= 0.6 is 0 Å². The summed E-state index contributed by atoms with van der Waals surface area (Å²) in [6.07, 6.45) is 4.47. The highest BCUT2D eigenvalue weighted by Crippen LogP contribution is 2.40. The number of ether oxygens (including phenoxy) is 1. The largest absolute Gasteiger partial charge is 0.481 e. The molecule has 0 aromatic rings. The zero-order chi connectivity index (χ0) is 8.72. The van der Waals surface area contributed by atoms with Crippen LogP contribution in [0.5, 0.6) is 0 Å². The van der Waals surface area contributed by atoms with E-state index < -0.39 is 5.97 Å². The van der Waals surface area contributed by atoms with E-state index in [1.54, 1.807) is 0 Å². The van der Waals surface area contributed by atoms with E-state index in [9.17, 15) is 4.79 Å². The molecule has 0 aliphatic carbocycles. The maximum atomic E-state index is 10.5. The van der Waals surface area contributed by atoms with Gasteiger partial charge in [-0.15, -0.1) is 0 Å². The Labute approximate surface area is 71.0 Å². The minimum atomic E-state index is -0.726. The van der Waals surface area contributed by atoms with E-state index >= 15 is 0 Å². The summed E-state index contributed by atoms with van der Waals surface area (Å²) in [7, 11) is 0. The minimum Gasteiger partial charge on any atom is -0.481 e. The van der Waals surface area contributed by atoms with Gasteiger partial charge in [-0.05, 0) is 5.92 Å². The van der Waals surface area contributed by atoms with Crippen LogP contribution in [0.3, 0.4) is 0 Å². The third-order valence-electron chi connectivity index (χ3n) is 2.83. The summed E-state index contributed by atoms with van der Waals surface area (Å²) in [5, 5.41) is 8.64. The second-order valence-electron chi connectivity index (χ2n) is 3.57. The molecule has 1 N–H and O–H groups in total. The number of hydrogen-bond acceptors (Lipinski definition) is 2. The Hall–Kier alpha value is -0.830. The van der Waals surface area contributed by atoms with Crippen LogP contribution in [0, 0.1) is 11.8 Å². The number of carboxylic acids is 1. The number of fused-ring (bicyclic) bond motifs is 2. The molecule has 3 nitrogen and oxygen atoms in total. The Balaban J connectivity index is 2.08. The predicted octanol–water partition coefficient (Wildman–Crippen LogP) is 1.05. The quantitative estimate of drug-likeness (QED) is 0.627. The van der Waals surface area contributed by atoms with Gasteiger partial charge >= 0.3 is 5.97 Å². The summed E-state index contributed by atoms with van der Waals surface area (Å²) in [6, 6.07) is 0. The lowest BCUT2D eigenvalue weighted by Crippen LogP contribution is -2.24. The number of carboxylic acid groups (broad SMARTS) is 1. The molecule has 0 aromatic carbocycles. The van der Waals surface area contributed by atoms with Crippen LogP contribution in [0.1, 0.15) is 13.3 Å². The van der Waals surface area contributed by atoms with Crippen LogP contribution in [-0.4, -0.2) is 23.3 Å². The van der Waals surface area contributed by atoms with Crippen LogP contribution < -0.4 is 0 Å². The van der Waals surface area contributed by atoms with Crippen molar-refractivity contribution in [2.24, 2.45) is 11.8 Å². The van der Waals surface area contributed by atoms with Gasteiger partial charge in [-0.2, -0.15) is 0 Å². The third kappa shape index (κ3) is 1.05. The highest BCUT2D eigenvalue weighted by molar-refractivity contribution is 5.67. The average molecular weight is 168 g/mol. The SMILES string of the molecule is C[C@@H]1[C@H](CC(=O)O)[C@H]2C=C[C@@H]1O2. The van der Waals surface area contributed by atoms with Crippen LogP contribution in [0.25, 0.3) is 0 Å². The number of carbonyl (C=O) groups is 1. The van der Waals surface area contributed by atoms with Gasteiger partial charge in [0.2, 0.25) is 0 Å². The van der Waals surface area contributed by atoms with Crippen molar-refractivity contribution in [1.29, 1.82) is 0 Å². The summed E-state index contributed by atoms with van der Waals surface area (Å²) in [5.74, 6) is -0.190. The molecule has 66 valence electrons. The Morgan fingerprint density at radius 2 is 2.17 bits per heavy atom. The van der Waals surface area contributed by atoms with Crippen LogP contribution in [0.4, 0.5) is 0 Å². The Morgan fingerprint density at radius 1 is 1.50 bits per heavy atom. The van der Waals surface area contributed by atoms with Crippen LogP contribution in [0.15, 0.2) is 12.2 Å². The van der Waals surface area contributed by atoms with Gasteiger partial charge < -0.3 is 9.84 Å². The molecule has 0 saturated carbocycles. The monoisotopic (exact) mass is 168 g/mol. The average Bonchev–Trinajstić information content (AvgIpc) is 2.53. The molecule has 1 fully saturated rings. The van der Waals surface area contributed by atoms with Crippen molar-refractivity contribution < 1.29 is 14.6 Å². The Kier molecular flexibility index (Phi) is 1.68. The van der Waals surface area contributed by atoms with Crippen molar-refractivity contribution in [1.82, 2.24) is 0 Å². The van der Waals surface area contributed by atoms with Gasteiger partial charge in [-0.3, -0.25) is 4.79 Å². The van der Waals surface area contributed by atoms with E-state index in [0.29, 0.717) is 5.92 Å². The molecular formula is C9H12O3. The first-order valence-electron chi connectivity index (χ1n) is 4.24. The molecule has 2 aliphatic rings. The molecule has 12 heavy (non-hydrogen) atoms. The van der Waals surface area contributed by atoms with Gasteiger partial charge in [0.1, 0.15) is 0 Å². The first kappa shape index (κ1) is 7.80. The molecule has 4 atom stereocenters. The fourth-order valence-electron chi connectivity index (χ4n) is 2.08. The van der Waals surface area contributed by atoms with Gasteiger partial charge in [0.25, 0.3) is 0 Å². The molecule has 0 unspecified atom stereocenters. The first-order chi connectivity index (χ1) is 5.68. The van der Waals surface area contributed by atoms with Crippen molar-refractivity contribution in [3.8, 4) is 0 Å². The van der Waals surface area contributed by atoms with Crippen molar-refractivity contribution in [3.63, 3.8) is 0 Å². The predicted molar refractivity (Wildman–Crippen MR) is 42.7 cm³/mol. The maximum absolute atomic E-state index is 10.5. The molecule has 2 bridgehead atoms. The third-order valence-corrected chi connectivity index (χ3v) is 2.83. The van der Waals surface area contributed by atoms with Crippen molar-refractivity contribution in [2.45, 2.75) is 25.6 Å². The molecule has 2 heterocycles. The molecule has 0 aromatic heterocycles. The van der Waals surface area contributed by atoms with Crippen molar-refractivity contribution in [2.75, 3.05) is 0 Å². The summed E-state index contributed by atoms with van der Waals surface area (Å²) in [6.45, 7) is 2.06. The lowest BCUT2D eigenvalue weighted by Gasteiger charge is -2.19. The van der Waals surface area contributed by atoms with Crippen molar-refractivity contribution in [3.05, 3.63) is 12.2 Å². The van der Waals surface area contributed by atoms with Crippen molar-refractivity contribution >= 4 is 5.97 Å². The second-order valence-corrected chi connectivity index (χ2v) is 3.57. The molecule has 3 heteroatoms. The summed E-state index contributed by atoms with van der Waals surface area (Å²) in [5.41, 5.74) is 0. The molecule has 0 radical (unpaired) electrons. The van der Waals surface area contributed by atoms with Gasteiger partial charge in [-0.1, -0.05) is 19.1 Å². The lowest BCUT2D eigenvalue weighted by atomic mass is 9.82. The molecule has 0 spiro atoms. The summed E-state index contributed by atoms with van der Waals surface area (Å²) < 4.78 is 5.52. The van der Waals surface area contributed by atoms with E-state index in [2.05, 4.69) is 6.92 Å². The number of aliphatic carboxylic acids is 1. The summed E-state index contributed by atoms with van der Waals surface area (Å²) in [4.78, 5) is 10.5. The fourth-order valence-corrected chi connectivity index (χ4v) is 2.08. The first-order valence-corrected chi connectivity index (χ1v) is 4.24. The van der Waals surface area contributed by atoms with Crippen LogP contribution in [-0.2, 0) is 9.53 Å². The van der Waals surface area contributed by atoms with Crippen LogP contribution in [0.2, 0.25) is 0 Å². The minimum absolute atomic E-state index is 0.0566. The lowest BCUT2D eigenvalue weighted by molar-refractivity contribution is -0.138. The molecule has 2 aliphatic heterocycles. The van der Waals surface area contributed by atoms with Gasteiger partial charge in [0.05, 0.1) is 18.6 Å². The zero-order valence-corrected chi connectivity index (χ0v) is 6.93. The smallest absolute Gasteiger partial charge is 0.303 e. The van der Waals surface area contributed by atoms with E-state index in [1.807, 2.05) is 12.2 Å². The van der Waals surface area contributed by atoms with E-state index in [4.69, 9.17) is 9.84 Å². The number of rotatable bonds is 2. The van der Waals surface area contributed by atoms with Gasteiger partial charge in [0, 0.05) is 5.92 Å². The Bertz CT molecular complexity index is 234. The maximum Gasteiger partial charge on any atom is 0.303 e. The molecular weight excluding hydrogens is 156 g/mol.